The number of guanidine groups is 5. The molecule has 268 valence electrons. The highest BCUT2D eigenvalue weighted by atomic mass is 16.7. The molecule has 0 aromatic carbocycles. The van der Waals surface area contributed by atoms with Gasteiger partial charge in [-0.1, -0.05) is 0 Å². The van der Waals surface area contributed by atoms with Crippen molar-refractivity contribution in [1.82, 2.24) is 0 Å². The van der Waals surface area contributed by atoms with Gasteiger partial charge in [-0.15, -0.1) is 0 Å². The molecular formula is C23H47N15O9. The number of nitrogens with two attached hydrogens (primary N) is 10. The van der Waals surface area contributed by atoms with Crippen molar-refractivity contribution in [2.75, 3.05) is 13.2 Å². The van der Waals surface area contributed by atoms with Crippen LogP contribution in [0.25, 0.3) is 0 Å². The van der Waals surface area contributed by atoms with Crippen LogP contribution in [0.5, 0.6) is 0 Å². The predicted molar refractivity (Wildman–Crippen MR) is 166 cm³/mol. The molecule has 2 saturated heterocycles. The summed E-state index contributed by atoms with van der Waals surface area (Å²) in [4.78, 5) is 20.2. The molecule has 3 rings (SSSR count). The second-order valence-electron chi connectivity index (χ2n) is 11.2. The molecule has 47 heavy (non-hydrogen) atoms. The van der Waals surface area contributed by atoms with Crippen molar-refractivity contribution in [2.45, 2.75) is 98.4 Å². The van der Waals surface area contributed by atoms with Gasteiger partial charge in [0.1, 0.15) is 54.8 Å². The maximum atomic E-state index is 11.8. The smallest absolute Gasteiger partial charge is 0.186 e. The Morgan fingerprint density at radius 3 is 1.55 bits per heavy atom. The lowest BCUT2D eigenvalue weighted by Gasteiger charge is -2.47. The molecule has 0 spiro atoms. The molecule has 0 aromatic rings. The molecule has 2 heterocycles. The van der Waals surface area contributed by atoms with E-state index < -0.39 is 104 Å². The summed E-state index contributed by atoms with van der Waals surface area (Å²) >= 11 is 0. The number of hydrogen-bond donors (Lipinski definition) is 15. The molecule has 0 unspecified atom stereocenters. The van der Waals surface area contributed by atoms with Crippen LogP contribution in [0.2, 0.25) is 0 Å². The predicted octanol–water partition coefficient (Wildman–Crippen LogP) is -9.72. The summed E-state index contributed by atoms with van der Waals surface area (Å²) in [5.41, 5.74) is 55.8. The fraction of sp³-hybridized carbons (Fsp3) is 0.783. The first-order valence-electron chi connectivity index (χ1n) is 14.4. The maximum Gasteiger partial charge on any atom is 0.186 e. The van der Waals surface area contributed by atoms with Crippen molar-refractivity contribution >= 4 is 29.8 Å². The molecular weight excluding hydrogens is 630 g/mol. The van der Waals surface area contributed by atoms with Gasteiger partial charge in [0.2, 0.25) is 0 Å². The van der Waals surface area contributed by atoms with Crippen LogP contribution in [-0.4, -0.2) is 154 Å². The minimum atomic E-state index is -1.72. The van der Waals surface area contributed by atoms with Gasteiger partial charge < -0.3 is 102 Å². The topological polar surface area (TPSA) is 460 Å². The average molecular weight is 678 g/mol. The van der Waals surface area contributed by atoms with Gasteiger partial charge in [-0.2, -0.15) is 0 Å². The van der Waals surface area contributed by atoms with Crippen LogP contribution in [-0.2, 0) is 18.9 Å². The molecule has 24 nitrogen and oxygen atoms in total. The van der Waals surface area contributed by atoms with E-state index in [0.717, 1.165) is 0 Å². The zero-order valence-electron chi connectivity index (χ0n) is 25.3. The molecule has 0 radical (unpaired) electrons. The molecule has 2 aliphatic heterocycles. The second kappa shape index (κ2) is 16.2. The van der Waals surface area contributed by atoms with Crippen LogP contribution in [0.1, 0.15) is 12.8 Å². The maximum absolute atomic E-state index is 11.8. The van der Waals surface area contributed by atoms with Crippen molar-refractivity contribution in [3.8, 4) is 0 Å². The summed E-state index contributed by atoms with van der Waals surface area (Å²) in [6, 6.07) is -4.53. The van der Waals surface area contributed by atoms with Crippen molar-refractivity contribution in [3.63, 3.8) is 0 Å². The molecule has 0 amide bonds. The van der Waals surface area contributed by atoms with Crippen molar-refractivity contribution in [1.29, 1.82) is 0 Å². The quantitative estimate of drug-likeness (QED) is 0.0712. The molecule has 0 bridgehead atoms. The van der Waals surface area contributed by atoms with E-state index in [9.17, 15) is 25.5 Å². The average Bonchev–Trinajstić information content (AvgIpc) is 2.95. The van der Waals surface area contributed by atoms with E-state index in [0.29, 0.717) is 0 Å². The van der Waals surface area contributed by atoms with Gasteiger partial charge >= 0.3 is 0 Å². The molecule has 3 aliphatic rings. The van der Waals surface area contributed by atoms with Crippen LogP contribution in [0.4, 0.5) is 0 Å². The fourth-order valence-corrected chi connectivity index (χ4v) is 5.60. The molecule has 24 heteroatoms. The van der Waals surface area contributed by atoms with Gasteiger partial charge in [0, 0.05) is 6.42 Å². The van der Waals surface area contributed by atoms with Gasteiger partial charge in [-0.05, 0) is 6.42 Å². The van der Waals surface area contributed by atoms with E-state index in [1.807, 2.05) is 0 Å². The number of hydrogen-bond acceptors (Lipinski definition) is 14. The van der Waals surface area contributed by atoms with Gasteiger partial charge in [0.05, 0.1) is 31.3 Å². The Labute approximate surface area is 268 Å². The highest BCUT2D eigenvalue weighted by Gasteiger charge is 2.53. The lowest BCUT2D eigenvalue weighted by molar-refractivity contribution is -0.314. The highest BCUT2D eigenvalue weighted by Crippen LogP contribution is 2.35. The lowest BCUT2D eigenvalue weighted by Crippen LogP contribution is -2.64. The Balaban J connectivity index is 2.01. The highest BCUT2D eigenvalue weighted by molar-refractivity contribution is 5.77. The van der Waals surface area contributed by atoms with Crippen LogP contribution in [0.3, 0.4) is 0 Å². The lowest BCUT2D eigenvalue weighted by atomic mass is 9.83. The third kappa shape index (κ3) is 9.75. The monoisotopic (exact) mass is 677 g/mol. The summed E-state index contributed by atoms with van der Waals surface area (Å²) < 4.78 is 23.8. The summed E-state index contributed by atoms with van der Waals surface area (Å²) in [5.74, 6) is -1.85. The van der Waals surface area contributed by atoms with E-state index in [1.54, 1.807) is 0 Å². The Morgan fingerprint density at radius 1 is 0.574 bits per heavy atom. The van der Waals surface area contributed by atoms with Crippen molar-refractivity contribution in [3.05, 3.63) is 0 Å². The number of aliphatic imine (C=N–C) groups is 5. The summed E-state index contributed by atoms with van der Waals surface area (Å²) in [6.45, 7) is -0.877. The second-order valence-corrected chi connectivity index (χ2v) is 11.2. The number of nitrogens with zero attached hydrogens (tertiary/aromatic N) is 5. The zero-order valence-corrected chi connectivity index (χ0v) is 25.3. The summed E-state index contributed by atoms with van der Waals surface area (Å²) in [5, 5.41) is 53.9. The van der Waals surface area contributed by atoms with Crippen LogP contribution in [0.15, 0.2) is 25.0 Å². The normalized spacial score (nSPS) is 38.7. The van der Waals surface area contributed by atoms with Gasteiger partial charge in [-0.3, -0.25) is 4.99 Å². The SMILES string of the molecule is NC(N)=NC[C@H]1O[C@H](O[C@H]2[C@H](O)[C@@H](O[C@H]3O[C@@H](CO)[C@H](O)[C@@H](N=C(N)N)[C@@H]3O)[C@H](N=C(N)N)C[C@@H]2N=C(N)N)[C@H](N=C(N)N)C[C@@H]1O. The van der Waals surface area contributed by atoms with Gasteiger partial charge in [-0.25, -0.2) is 20.0 Å². The van der Waals surface area contributed by atoms with Gasteiger partial charge in [0.25, 0.3) is 0 Å². The zero-order chi connectivity index (χ0) is 35.2. The largest absolute Gasteiger partial charge is 0.394 e. The number of aliphatic hydroxyl groups excluding tert-OH is 5. The van der Waals surface area contributed by atoms with E-state index in [-0.39, 0.29) is 37.3 Å². The number of aliphatic hydroxyl groups is 5. The van der Waals surface area contributed by atoms with E-state index >= 15 is 0 Å². The van der Waals surface area contributed by atoms with E-state index in [4.69, 9.17) is 76.3 Å². The molecule has 0 aromatic heterocycles. The Hall–Kier alpha value is -4.01. The Bertz CT molecular complexity index is 1190. The third-order valence-electron chi connectivity index (χ3n) is 7.58. The molecule has 1 aliphatic carbocycles. The third-order valence-corrected chi connectivity index (χ3v) is 7.58. The minimum absolute atomic E-state index is 0.0707. The van der Waals surface area contributed by atoms with Crippen LogP contribution in [0, 0.1) is 0 Å². The van der Waals surface area contributed by atoms with Crippen LogP contribution >= 0.6 is 0 Å². The summed E-state index contributed by atoms with van der Waals surface area (Å²) in [7, 11) is 0. The van der Waals surface area contributed by atoms with Crippen LogP contribution < -0.4 is 57.3 Å². The molecule has 14 atom stereocenters. The number of rotatable bonds is 11. The fourth-order valence-electron chi connectivity index (χ4n) is 5.60. The van der Waals surface area contributed by atoms with E-state index in [2.05, 4.69) is 25.0 Å². The molecule has 1 saturated carbocycles. The number of ether oxygens (including phenoxy) is 4. The van der Waals surface area contributed by atoms with Crippen molar-refractivity contribution in [2.24, 2.45) is 82.3 Å². The first-order chi connectivity index (χ1) is 22.0. The van der Waals surface area contributed by atoms with Crippen molar-refractivity contribution < 1.29 is 44.5 Å². The first-order valence-corrected chi connectivity index (χ1v) is 14.4. The Kier molecular flexibility index (Phi) is 12.9. The minimum Gasteiger partial charge on any atom is -0.394 e. The molecule has 3 fully saturated rings. The first kappa shape index (κ1) is 37.4. The summed E-state index contributed by atoms with van der Waals surface area (Å²) in [6.07, 6.45) is -14.4. The standard InChI is InChI=1S/C23H47N15O9/c24-19(25)34-3-9-8(40)2-7(37-22(30)31)17(44-9)46-15-5(35-20(26)27)1-6(36-21(28)29)16(14(15)43)47-18-13(42)11(38-23(32)33)12(41)10(4-39)45-18/h5-18,39-43H,1-4H2,(H4,24,25,34)(H4,26,27,35)(H4,28,29,36)(H4,30,31,37)(H4,32,33,38)/t5-,6+,7+,8-,9+,10-,11+,12-,13-,14-,15+,16-,17+,18+/m0/s1. The van der Waals surface area contributed by atoms with Gasteiger partial charge in [0.15, 0.2) is 42.4 Å². The van der Waals surface area contributed by atoms with E-state index in [1.165, 1.54) is 0 Å². The molecule has 25 N–H and O–H groups in total. The Morgan fingerprint density at radius 2 is 1.06 bits per heavy atom.